The third kappa shape index (κ3) is 4.10. The standard InChI is InChI=1S/C13H20N2O2/c1-12(2,3)17-11(16)15(5)10(9-14)8-13(4)6-7-13/h8H,6-7H2,1-5H3/b10-8+. The van der Waals surface area contributed by atoms with Gasteiger partial charge in [0, 0.05) is 7.05 Å². The molecule has 0 atom stereocenters. The number of carbonyl (C=O) groups excluding carboxylic acids is 1. The van der Waals surface area contributed by atoms with Gasteiger partial charge < -0.3 is 4.74 Å². The van der Waals surface area contributed by atoms with Crippen molar-refractivity contribution >= 4 is 6.09 Å². The van der Waals surface area contributed by atoms with Crippen LogP contribution in [0.3, 0.4) is 0 Å². The molecule has 0 N–H and O–H groups in total. The van der Waals surface area contributed by atoms with E-state index in [4.69, 9.17) is 10.00 Å². The number of nitriles is 1. The van der Waals surface area contributed by atoms with Gasteiger partial charge in [-0.3, -0.25) is 4.90 Å². The second-order valence-electron chi connectivity index (χ2n) is 5.83. The van der Waals surface area contributed by atoms with Crippen LogP contribution in [0.1, 0.15) is 40.5 Å². The molecule has 0 aliphatic heterocycles. The Morgan fingerprint density at radius 3 is 2.35 bits per heavy atom. The highest BCUT2D eigenvalue weighted by Crippen LogP contribution is 2.47. The van der Waals surface area contributed by atoms with Gasteiger partial charge in [0.25, 0.3) is 0 Å². The Labute approximate surface area is 103 Å². The summed E-state index contributed by atoms with van der Waals surface area (Å²) in [5.41, 5.74) is -0.101. The number of ether oxygens (including phenoxy) is 1. The van der Waals surface area contributed by atoms with Crippen LogP contribution in [-0.2, 0) is 4.74 Å². The smallest absolute Gasteiger partial charge is 0.415 e. The summed E-state index contributed by atoms with van der Waals surface area (Å²) in [6.45, 7) is 7.48. The van der Waals surface area contributed by atoms with Crippen molar-refractivity contribution in [2.45, 2.75) is 46.1 Å². The molecule has 0 aromatic heterocycles. The summed E-state index contributed by atoms with van der Waals surface area (Å²) in [6, 6.07) is 2.05. The number of rotatable bonds is 2. The lowest BCUT2D eigenvalue weighted by atomic mass is 10.1. The zero-order valence-corrected chi connectivity index (χ0v) is 11.2. The lowest BCUT2D eigenvalue weighted by Crippen LogP contribution is -2.33. The molecule has 0 radical (unpaired) electrons. The van der Waals surface area contributed by atoms with E-state index in [2.05, 4.69) is 13.0 Å². The van der Waals surface area contributed by atoms with E-state index < -0.39 is 11.7 Å². The maximum atomic E-state index is 11.8. The summed E-state index contributed by atoms with van der Waals surface area (Å²) >= 11 is 0. The minimum absolute atomic E-state index is 0.0847. The molecule has 0 heterocycles. The topological polar surface area (TPSA) is 53.3 Å². The van der Waals surface area contributed by atoms with Crippen LogP contribution in [0.5, 0.6) is 0 Å². The number of hydrogen-bond acceptors (Lipinski definition) is 3. The van der Waals surface area contributed by atoms with Crippen molar-refractivity contribution in [1.29, 1.82) is 5.26 Å². The van der Waals surface area contributed by atoms with E-state index in [0.717, 1.165) is 12.8 Å². The normalized spacial score (nSPS) is 18.2. The molecule has 1 fully saturated rings. The molecule has 1 aliphatic carbocycles. The molecule has 1 saturated carbocycles. The molecule has 0 aromatic rings. The van der Waals surface area contributed by atoms with Gasteiger partial charge in [0.1, 0.15) is 17.4 Å². The highest BCUT2D eigenvalue weighted by Gasteiger charge is 2.36. The second kappa shape index (κ2) is 4.40. The van der Waals surface area contributed by atoms with E-state index in [1.54, 1.807) is 27.8 Å². The van der Waals surface area contributed by atoms with Crippen LogP contribution in [0.2, 0.25) is 0 Å². The summed E-state index contributed by atoms with van der Waals surface area (Å²) in [5.74, 6) is 0. The van der Waals surface area contributed by atoms with Gasteiger partial charge in [0.2, 0.25) is 0 Å². The molecule has 17 heavy (non-hydrogen) atoms. The van der Waals surface area contributed by atoms with Crippen LogP contribution < -0.4 is 0 Å². The van der Waals surface area contributed by atoms with Gasteiger partial charge in [0.05, 0.1) is 0 Å². The maximum absolute atomic E-state index is 11.8. The largest absolute Gasteiger partial charge is 0.443 e. The third-order valence-electron chi connectivity index (χ3n) is 2.67. The Morgan fingerprint density at radius 1 is 1.47 bits per heavy atom. The second-order valence-corrected chi connectivity index (χ2v) is 5.83. The first-order chi connectivity index (χ1) is 7.67. The Hall–Kier alpha value is -1.50. The molecule has 4 nitrogen and oxygen atoms in total. The molecule has 0 unspecified atom stereocenters. The Morgan fingerprint density at radius 2 is 2.00 bits per heavy atom. The van der Waals surface area contributed by atoms with E-state index >= 15 is 0 Å². The first kappa shape index (κ1) is 13.6. The lowest BCUT2D eigenvalue weighted by Gasteiger charge is -2.24. The zero-order valence-electron chi connectivity index (χ0n) is 11.2. The zero-order chi connectivity index (χ0) is 13.3. The minimum Gasteiger partial charge on any atom is -0.443 e. The van der Waals surface area contributed by atoms with Crippen molar-refractivity contribution in [2.75, 3.05) is 7.05 Å². The van der Waals surface area contributed by atoms with Crippen LogP contribution in [0.4, 0.5) is 4.79 Å². The molecule has 4 heteroatoms. The van der Waals surface area contributed by atoms with Gasteiger partial charge in [-0.25, -0.2) is 4.79 Å². The highest BCUT2D eigenvalue weighted by molar-refractivity contribution is 5.71. The third-order valence-corrected chi connectivity index (χ3v) is 2.67. The predicted octanol–water partition coefficient (Wildman–Crippen LogP) is 3.06. The molecule has 0 spiro atoms. The molecule has 0 aromatic carbocycles. The fraction of sp³-hybridized carbons (Fsp3) is 0.692. The van der Waals surface area contributed by atoms with Gasteiger partial charge in [0.15, 0.2) is 0 Å². The average Bonchev–Trinajstić information content (AvgIpc) is 2.89. The van der Waals surface area contributed by atoms with Crippen LogP contribution in [0.15, 0.2) is 11.8 Å². The van der Waals surface area contributed by atoms with Crippen LogP contribution >= 0.6 is 0 Å². The van der Waals surface area contributed by atoms with Crippen molar-refractivity contribution in [3.8, 4) is 6.07 Å². The molecule has 0 saturated heterocycles. The van der Waals surface area contributed by atoms with Crippen molar-refractivity contribution in [2.24, 2.45) is 5.41 Å². The fourth-order valence-electron chi connectivity index (χ4n) is 1.30. The predicted molar refractivity (Wildman–Crippen MR) is 65.0 cm³/mol. The minimum atomic E-state index is -0.546. The first-order valence-corrected chi connectivity index (χ1v) is 5.76. The lowest BCUT2D eigenvalue weighted by molar-refractivity contribution is 0.0359. The first-order valence-electron chi connectivity index (χ1n) is 5.76. The van der Waals surface area contributed by atoms with Gasteiger partial charge in [-0.05, 0) is 45.1 Å². The number of amides is 1. The van der Waals surface area contributed by atoms with Crippen molar-refractivity contribution in [3.05, 3.63) is 11.8 Å². The van der Waals surface area contributed by atoms with E-state index in [0.29, 0.717) is 5.70 Å². The summed E-state index contributed by atoms with van der Waals surface area (Å²) < 4.78 is 5.21. The van der Waals surface area contributed by atoms with Crippen LogP contribution in [-0.4, -0.2) is 23.6 Å². The summed E-state index contributed by atoms with van der Waals surface area (Å²) in [6.07, 6.45) is 3.51. The highest BCUT2D eigenvalue weighted by atomic mass is 16.6. The van der Waals surface area contributed by atoms with Gasteiger partial charge in [-0.15, -0.1) is 0 Å². The molecular weight excluding hydrogens is 216 g/mol. The van der Waals surface area contributed by atoms with E-state index in [9.17, 15) is 4.79 Å². The van der Waals surface area contributed by atoms with Crippen LogP contribution in [0.25, 0.3) is 0 Å². The van der Waals surface area contributed by atoms with Gasteiger partial charge in [-0.1, -0.05) is 6.92 Å². The van der Waals surface area contributed by atoms with Crippen molar-refractivity contribution < 1.29 is 9.53 Å². The molecule has 94 valence electrons. The number of carbonyl (C=O) groups is 1. The molecule has 1 aliphatic rings. The van der Waals surface area contributed by atoms with E-state index in [1.165, 1.54) is 4.90 Å². The molecule has 1 amide bonds. The summed E-state index contributed by atoms with van der Waals surface area (Å²) in [5, 5.41) is 9.07. The number of allylic oxidation sites excluding steroid dienone is 2. The van der Waals surface area contributed by atoms with Gasteiger partial charge in [-0.2, -0.15) is 5.26 Å². The summed E-state index contributed by atoms with van der Waals surface area (Å²) in [7, 11) is 1.56. The van der Waals surface area contributed by atoms with Gasteiger partial charge >= 0.3 is 6.09 Å². The Balaban J connectivity index is 2.74. The molecular formula is C13H20N2O2. The Kier molecular flexibility index (Phi) is 3.51. The molecule has 1 rings (SSSR count). The van der Waals surface area contributed by atoms with Crippen molar-refractivity contribution in [1.82, 2.24) is 4.90 Å². The number of hydrogen-bond donors (Lipinski definition) is 0. The van der Waals surface area contributed by atoms with E-state index in [-0.39, 0.29) is 5.41 Å². The average molecular weight is 236 g/mol. The SMILES string of the molecule is CN(C(=O)OC(C)(C)C)/C(C#N)=C/C1(C)CC1. The maximum Gasteiger partial charge on any atom is 0.415 e. The fourth-order valence-corrected chi connectivity index (χ4v) is 1.30. The molecule has 0 bridgehead atoms. The number of nitrogens with zero attached hydrogens (tertiary/aromatic N) is 2. The Bertz CT molecular complexity index is 381. The summed E-state index contributed by atoms with van der Waals surface area (Å²) in [4.78, 5) is 13.0. The van der Waals surface area contributed by atoms with E-state index in [1.807, 2.05) is 6.08 Å². The quantitative estimate of drug-likeness (QED) is 0.692. The monoisotopic (exact) mass is 236 g/mol. The van der Waals surface area contributed by atoms with Crippen LogP contribution in [0, 0.1) is 16.7 Å². The van der Waals surface area contributed by atoms with Crippen molar-refractivity contribution in [3.63, 3.8) is 0 Å².